The van der Waals surface area contributed by atoms with Crippen LogP contribution >= 0.6 is 0 Å². The summed E-state index contributed by atoms with van der Waals surface area (Å²) in [7, 11) is -20.8. The summed E-state index contributed by atoms with van der Waals surface area (Å²) in [5.41, 5.74) is 0. The number of benzene rings is 2. The van der Waals surface area contributed by atoms with Gasteiger partial charge in [-0.25, -0.2) is 33.7 Å². The number of hydrogen-bond donors (Lipinski definition) is 0. The van der Waals surface area contributed by atoms with E-state index >= 15 is 0 Å². The van der Waals surface area contributed by atoms with Crippen molar-refractivity contribution < 1.29 is 220 Å². The van der Waals surface area contributed by atoms with Gasteiger partial charge >= 0.3 is 172 Å². The molecule has 0 atom stereocenters. The van der Waals surface area contributed by atoms with E-state index in [2.05, 4.69) is 0 Å². The summed E-state index contributed by atoms with van der Waals surface area (Å²) < 4.78 is 126. The predicted molar refractivity (Wildman–Crippen MR) is 88.3 cm³/mol. The molecule has 2 aromatic carbocycles. The molecule has 16 nitrogen and oxygen atoms in total. The molecule has 0 N–H and O–H groups in total. The maximum atomic E-state index is 10.9. The summed E-state index contributed by atoms with van der Waals surface area (Å²) in [5, 5.41) is 43.5. The molecule has 0 unspecified atom stereocenters. The van der Waals surface area contributed by atoms with Crippen LogP contribution < -0.4 is 168 Å². The van der Waals surface area contributed by atoms with Crippen LogP contribution in [0.25, 0.3) is 0 Å². The average Bonchev–Trinajstić information content (AvgIpc) is 2.56. The van der Waals surface area contributed by atoms with Gasteiger partial charge in [0.1, 0.15) is 40.5 Å². The Kier molecular flexibility index (Phi) is 28.5. The molecule has 0 saturated carbocycles. The van der Waals surface area contributed by atoms with Crippen molar-refractivity contribution in [2.24, 2.45) is 0 Å². The average molecular weight is 769 g/mol. The van der Waals surface area contributed by atoms with Gasteiger partial charge in [-0.3, -0.25) is 0 Å². The van der Waals surface area contributed by atoms with Crippen LogP contribution in [0.3, 0.4) is 0 Å². The largest absolute Gasteiger partial charge is 3.00 e. The summed E-state index contributed by atoms with van der Waals surface area (Å²) in [6.45, 7) is 0. The first-order valence-corrected chi connectivity index (χ1v) is 12.6. The van der Waals surface area contributed by atoms with E-state index in [4.69, 9.17) is 0 Å². The Morgan fingerprint density at radius 2 is 0.632 bits per heavy atom. The fourth-order valence-corrected chi connectivity index (χ4v) is 4.14. The Bertz CT molecular complexity index is 1400. The van der Waals surface area contributed by atoms with Gasteiger partial charge in [-0.15, -0.1) is 11.5 Å². The van der Waals surface area contributed by atoms with Gasteiger partial charge in [-0.2, -0.15) is 0 Å². The molecule has 0 spiro atoms. The topological polar surface area (TPSA) is 321 Å². The second-order valence-corrected chi connectivity index (χ2v) is 10.8. The number of rotatable bonds is 4. The molecule has 0 amide bonds. The van der Waals surface area contributed by atoms with Crippen molar-refractivity contribution in [1.29, 1.82) is 0 Å². The van der Waals surface area contributed by atoms with Crippen LogP contribution in [-0.4, -0.2) is 76.3 Å². The molecular formula is C12H4Na5O16S4Sb. The molecule has 0 aromatic heterocycles. The normalized spacial score (nSPS) is 10.6. The van der Waals surface area contributed by atoms with Gasteiger partial charge in [0, 0.05) is 9.79 Å². The summed E-state index contributed by atoms with van der Waals surface area (Å²) in [4.78, 5) is -5.55. The Hall–Kier alpha value is 3.10. The van der Waals surface area contributed by atoms with Gasteiger partial charge in [0.15, 0.2) is 0 Å². The van der Waals surface area contributed by atoms with E-state index in [0.717, 1.165) is 0 Å². The van der Waals surface area contributed by atoms with Crippen molar-refractivity contribution in [3.05, 3.63) is 24.3 Å². The minimum atomic E-state index is -5.30. The first-order chi connectivity index (χ1) is 14.1. The molecule has 38 heavy (non-hydrogen) atoms. The zero-order valence-electron chi connectivity index (χ0n) is 19.9. The Balaban J connectivity index is -0.000000116. The Labute approximate surface area is 345 Å². The molecule has 2 aromatic rings. The van der Waals surface area contributed by atoms with Crippen LogP contribution in [0.4, 0.5) is 0 Å². The minimum absolute atomic E-state index is 0. The van der Waals surface area contributed by atoms with Crippen molar-refractivity contribution in [3.8, 4) is 23.0 Å². The first-order valence-electron chi connectivity index (χ1n) is 6.94. The predicted octanol–water partition coefficient (Wildman–Crippen LogP) is -20.1. The monoisotopic (exact) mass is 768 g/mol. The van der Waals surface area contributed by atoms with E-state index < -0.39 is 83.1 Å². The maximum absolute atomic E-state index is 10.9. The SMILES string of the molecule is O=S(=O)([O-])c1cc([O-])c([O-])c(S(=O)(=O)[O-])c1.O=S(=O)([O-])c1cc([O-])c([O-])c(S(=O)(=O)[O-])c1.[Na+].[Na+].[Na+].[Na+].[Na+].[Sb+3]. The quantitative estimate of drug-likeness (QED) is 0.206. The summed E-state index contributed by atoms with van der Waals surface area (Å²) in [6.07, 6.45) is 0. The van der Waals surface area contributed by atoms with Gasteiger partial charge in [-0.05, 0) is 12.1 Å². The zero-order valence-corrected chi connectivity index (χ0v) is 35.7. The summed E-state index contributed by atoms with van der Waals surface area (Å²) in [6, 6.07) is 0.488. The van der Waals surface area contributed by atoms with E-state index in [-0.39, 0.29) is 196 Å². The molecule has 0 aliphatic carbocycles. The summed E-state index contributed by atoms with van der Waals surface area (Å²) in [5.74, 6) is -6.43. The van der Waals surface area contributed by atoms with Crippen LogP contribution in [0.15, 0.2) is 43.8 Å². The molecule has 0 heterocycles. The van der Waals surface area contributed by atoms with Crippen LogP contribution in [-0.2, 0) is 40.5 Å². The van der Waals surface area contributed by atoms with E-state index in [1.54, 1.807) is 0 Å². The van der Waals surface area contributed by atoms with Crippen molar-refractivity contribution >= 4 is 64.9 Å². The van der Waals surface area contributed by atoms with Gasteiger partial charge in [0.05, 0.1) is 9.79 Å². The maximum Gasteiger partial charge on any atom is 3.00 e. The fraction of sp³-hybridized carbons (Fsp3) is 0. The van der Waals surface area contributed by atoms with Crippen LogP contribution in [0, 0.1) is 0 Å². The minimum Gasteiger partial charge on any atom is -0.873 e. The standard InChI is InChI=1S/2C6H6O8S2.5Na.Sb/c2*7-4-1-3(15(9,10)11)2-5(6(4)8)16(12,13)14;;;;;;/h2*1-2,7-8H,(H,9,10,11)(H,12,13,14);;;;;;/q;;5*+1;+3/p-8. The van der Waals surface area contributed by atoms with Gasteiger partial charge in [0.25, 0.3) is 0 Å². The molecule has 0 fully saturated rings. The van der Waals surface area contributed by atoms with Gasteiger partial charge in [0.2, 0.25) is 0 Å². The molecular weight excluding hydrogens is 765 g/mol. The third-order valence-electron chi connectivity index (χ3n) is 3.10. The molecule has 2 radical (unpaired) electrons. The molecule has 0 aliphatic heterocycles. The van der Waals surface area contributed by atoms with Crippen LogP contribution in [0.2, 0.25) is 0 Å². The van der Waals surface area contributed by atoms with E-state index in [1.165, 1.54) is 0 Å². The van der Waals surface area contributed by atoms with E-state index in [0.29, 0.717) is 0 Å². The first kappa shape index (κ1) is 53.6. The Morgan fingerprint density at radius 1 is 0.421 bits per heavy atom. The fourth-order valence-electron chi connectivity index (χ4n) is 1.77. The molecule has 0 bridgehead atoms. The third kappa shape index (κ3) is 16.2. The second-order valence-electron chi connectivity index (χ2n) is 5.31. The van der Waals surface area contributed by atoms with Crippen LogP contribution in [0.5, 0.6) is 23.0 Å². The van der Waals surface area contributed by atoms with Gasteiger partial charge < -0.3 is 38.6 Å². The smallest absolute Gasteiger partial charge is 0.873 e. The molecule has 2 rings (SSSR count). The van der Waals surface area contributed by atoms with Gasteiger partial charge in [-0.1, -0.05) is 23.6 Å². The molecule has 182 valence electrons. The van der Waals surface area contributed by atoms with E-state index in [1.807, 2.05) is 0 Å². The molecule has 0 aliphatic rings. The van der Waals surface area contributed by atoms with E-state index in [9.17, 15) is 72.3 Å². The van der Waals surface area contributed by atoms with Crippen molar-refractivity contribution in [3.63, 3.8) is 0 Å². The molecule has 26 heteroatoms. The number of hydrogen-bond acceptors (Lipinski definition) is 16. The Morgan fingerprint density at radius 3 is 0.789 bits per heavy atom. The third-order valence-corrected chi connectivity index (χ3v) is 6.41. The second kappa shape index (κ2) is 20.2. The van der Waals surface area contributed by atoms with Crippen molar-refractivity contribution in [1.82, 2.24) is 0 Å². The summed E-state index contributed by atoms with van der Waals surface area (Å²) >= 11 is 0. The van der Waals surface area contributed by atoms with Crippen LogP contribution in [0.1, 0.15) is 0 Å². The van der Waals surface area contributed by atoms with Crippen molar-refractivity contribution in [2.45, 2.75) is 19.6 Å². The molecule has 0 saturated heterocycles. The van der Waals surface area contributed by atoms with Crippen molar-refractivity contribution in [2.75, 3.05) is 0 Å². The zero-order chi connectivity index (χ0) is 25.4.